The lowest BCUT2D eigenvalue weighted by Gasteiger charge is -2.29. The zero-order chi connectivity index (χ0) is 13.0. The van der Waals surface area contributed by atoms with Crippen LogP contribution in [0.2, 0.25) is 0 Å². The van der Waals surface area contributed by atoms with E-state index in [2.05, 4.69) is 22.2 Å². The number of aromatic nitrogens is 1. The maximum atomic E-state index is 11.4. The molecular weight excluding hydrogens is 248 g/mol. The van der Waals surface area contributed by atoms with Gasteiger partial charge in [-0.3, -0.25) is 9.69 Å². The Morgan fingerprint density at radius 2 is 2.28 bits per heavy atom. The summed E-state index contributed by atoms with van der Waals surface area (Å²) in [5, 5.41) is 3.35. The van der Waals surface area contributed by atoms with Crippen LogP contribution >= 0.6 is 11.3 Å². The summed E-state index contributed by atoms with van der Waals surface area (Å²) in [6.07, 6.45) is 2.81. The second-order valence-corrected chi connectivity index (χ2v) is 5.60. The van der Waals surface area contributed by atoms with E-state index in [1.54, 1.807) is 11.3 Å². The summed E-state index contributed by atoms with van der Waals surface area (Å²) in [4.78, 5) is 18.4. The van der Waals surface area contributed by atoms with Crippen LogP contribution in [-0.2, 0) is 22.5 Å². The Balaban J connectivity index is 1.81. The minimum Gasteiger partial charge on any atom is -0.469 e. The van der Waals surface area contributed by atoms with Crippen LogP contribution in [0.15, 0.2) is 5.38 Å². The van der Waals surface area contributed by atoms with E-state index in [0.717, 1.165) is 44.6 Å². The fraction of sp³-hybridized carbons (Fsp3) is 0.692. The number of methoxy groups -OCH3 is 1. The van der Waals surface area contributed by atoms with Gasteiger partial charge in [0, 0.05) is 11.9 Å². The first-order valence-corrected chi connectivity index (χ1v) is 7.34. The van der Waals surface area contributed by atoms with Crippen LogP contribution in [0.3, 0.4) is 0 Å². The van der Waals surface area contributed by atoms with Gasteiger partial charge in [-0.15, -0.1) is 11.3 Å². The smallest absolute Gasteiger partial charge is 0.308 e. The van der Waals surface area contributed by atoms with Gasteiger partial charge in [-0.1, -0.05) is 6.92 Å². The third-order valence-electron chi connectivity index (χ3n) is 3.41. The SMILES string of the molecule is CCc1nc(CN2CCC(C(=O)OC)CC2)cs1. The van der Waals surface area contributed by atoms with Crippen LogP contribution in [-0.4, -0.2) is 36.1 Å². The molecule has 1 aromatic heterocycles. The monoisotopic (exact) mass is 268 g/mol. The van der Waals surface area contributed by atoms with Crippen LogP contribution in [0.25, 0.3) is 0 Å². The van der Waals surface area contributed by atoms with Gasteiger partial charge >= 0.3 is 5.97 Å². The highest BCUT2D eigenvalue weighted by Crippen LogP contribution is 2.20. The summed E-state index contributed by atoms with van der Waals surface area (Å²) >= 11 is 1.74. The quantitative estimate of drug-likeness (QED) is 0.784. The van der Waals surface area contributed by atoms with Crippen molar-refractivity contribution in [3.63, 3.8) is 0 Å². The average molecular weight is 268 g/mol. The highest BCUT2D eigenvalue weighted by molar-refractivity contribution is 7.09. The first-order valence-electron chi connectivity index (χ1n) is 6.46. The summed E-state index contributed by atoms with van der Waals surface area (Å²) in [5.41, 5.74) is 1.16. The fourth-order valence-electron chi connectivity index (χ4n) is 2.31. The van der Waals surface area contributed by atoms with Crippen molar-refractivity contribution in [1.29, 1.82) is 0 Å². The van der Waals surface area contributed by atoms with E-state index in [9.17, 15) is 4.79 Å². The molecule has 2 rings (SSSR count). The van der Waals surface area contributed by atoms with Gasteiger partial charge in [0.05, 0.1) is 23.7 Å². The normalized spacial score (nSPS) is 17.9. The molecule has 0 aliphatic carbocycles. The van der Waals surface area contributed by atoms with E-state index in [0.29, 0.717) is 0 Å². The number of piperidine rings is 1. The molecule has 0 spiro atoms. The summed E-state index contributed by atoms with van der Waals surface area (Å²) < 4.78 is 4.79. The van der Waals surface area contributed by atoms with Crippen molar-refractivity contribution in [1.82, 2.24) is 9.88 Å². The second-order valence-electron chi connectivity index (χ2n) is 4.66. The number of ether oxygens (including phenoxy) is 1. The summed E-state index contributed by atoms with van der Waals surface area (Å²) in [7, 11) is 1.47. The maximum Gasteiger partial charge on any atom is 0.308 e. The van der Waals surface area contributed by atoms with E-state index in [4.69, 9.17) is 4.74 Å². The number of likely N-dealkylation sites (tertiary alicyclic amines) is 1. The molecule has 1 fully saturated rings. The van der Waals surface area contributed by atoms with E-state index in [1.165, 1.54) is 12.1 Å². The molecule has 1 saturated heterocycles. The third-order valence-corrected chi connectivity index (χ3v) is 4.45. The van der Waals surface area contributed by atoms with Gasteiger partial charge in [0.25, 0.3) is 0 Å². The molecule has 0 N–H and O–H groups in total. The van der Waals surface area contributed by atoms with E-state index >= 15 is 0 Å². The molecule has 1 aliphatic heterocycles. The molecule has 0 radical (unpaired) electrons. The van der Waals surface area contributed by atoms with Crippen LogP contribution < -0.4 is 0 Å². The predicted octanol–water partition coefficient (Wildman–Crippen LogP) is 2.09. The number of carbonyl (C=O) groups is 1. The van der Waals surface area contributed by atoms with Crippen LogP contribution in [0.5, 0.6) is 0 Å². The van der Waals surface area contributed by atoms with Crippen LogP contribution in [0.1, 0.15) is 30.5 Å². The van der Waals surface area contributed by atoms with Gasteiger partial charge < -0.3 is 4.74 Å². The van der Waals surface area contributed by atoms with E-state index in [-0.39, 0.29) is 11.9 Å². The molecule has 18 heavy (non-hydrogen) atoms. The van der Waals surface area contributed by atoms with Crippen LogP contribution in [0.4, 0.5) is 0 Å². The first kappa shape index (κ1) is 13.5. The molecule has 0 bridgehead atoms. The van der Waals surface area contributed by atoms with Crippen molar-refractivity contribution in [2.24, 2.45) is 5.92 Å². The van der Waals surface area contributed by atoms with Gasteiger partial charge in [0.1, 0.15) is 0 Å². The zero-order valence-corrected chi connectivity index (χ0v) is 11.8. The minimum absolute atomic E-state index is 0.0587. The zero-order valence-electron chi connectivity index (χ0n) is 11.0. The number of carbonyl (C=O) groups excluding carboxylic acids is 1. The number of aryl methyl sites for hydroxylation is 1. The topological polar surface area (TPSA) is 42.4 Å². The molecule has 1 aromatic rings. The largest absolute Gasteiger partial charge is 0.469 e. The van der Waals surface area contributed by atoms with Crippen LogP contribution in [0, 0.1) is 5.92 Å². The van der Waals surface area contributed by atoms with Crippen molar-refractivity contribution in [2.75, 3.05) is 20.2 Å². The Morgan fingerprint density at radius 1 is 1.56 bits per heavy atom. The Bertz CT molecular complexity index is 397. The fourth-order valence-corrected chi connectivity index (χ4v) is 3.04. The molecule has 5 heteroatoms. The maximum absolute atomic E-state index is 11.4. The minimum atomic E-state index is -0.0587. The second kappa shape index (κ2) is 6.29. The Hall–Kier alpha value is -0.940. The van der Waals surface area contributed by atoms with Crippen molar-refractivity contribution >= 4 is 17.3 Å². The van der Waals surface area contributed by atoms with Gasteiger partial charge in [-0.2, -0.15) is 0 Å². The number of thiazole rings is 1. The molecule has 100 valence electrons. The van der Waals surface area contributed by atoms with E-state index < -0.39 is 0 Å². The molecule has 0 amide bonds. The molecule has 0 unspecified atom stereocenters. The van der Waals surface area contributed by atoms with Crippen molar-refractivity contribution in [3.8, 4) is 0 Å². The molecule has 2 heterocycles. The molecule has 4 nitrogen and oxygen atoms in total. The van der Waals surface area contributed by atoms with E-state index in [1.807, 2.05) is 0 Å². The number of esters is 1. The molecule has 0 saturated carbocycles. The van der Waals surface area contributed by atoms with Gasteiger partial charge in [0.15, 0.2) is 0 Å². The molecule has 0 atom stereocenters. The lowest BCUT2D eigenvalue weighted by atomic mass is 9.97. The number of hydrogen-bond donors (Lipinski definition) is 0. The highest BCUT2D eigenvalue weighted by atomic mass is 32.1. The summed E-state index contributed by atoms with van der Waals surface area (Å²) in [5.74, 6) is 0.0319. The Labute approximate surface area is 112 Å². The first-order chi connectivity index (χ1) is 8.72. The Kier molecular flexibility index (Phi) is 4.72. The van der Waals surface area contributed by atoms with Gasteiger partial charge in [-0.05, 0) is 32.4 Å². The van der Waals surface area contributed by atoms with Crippen molar-refractivity contribution < 1.29 is 9.53 Å². The summed E-state index contributed by atoms with van der Waals surface area (Å²) in [6.45, 7) is 4.95. The predicted molar refractivity (Wildman–Crippen MR) is 71.5 cm³/mol. The highest BCUT2D eigenvalue weighted by Gasteiger charge is 2.25. The Morgan fingerprint density at radius 3 is 2.83 bits per heavy atom. The van der Waals surface area contributed by atoms with Gasteiger partial charge in [0.2, 0.25) is 0 Å². The van der Waals surface area contributed by atoms with Crippen molar-refractivity contribution in [2.45, 2.75) is 32.7 Å². The lowest BCUT2D eigenvalue weighted by molar-refractivity contribution is -0.147. The van der Waals surface area contributed by atoms with Crippen molar-refractivity contribution in [3.05, 3.63) is 16.1 Å². The standard InChI is InChI=1S/C13H20N2O2S/c1-3-12-14-11(9-18-12)8-15-6-4-10(5-7-15)13(16)17-2/h9-10H,3-8H2,1-2H3. The summed E-state index contributed by atoms with van der Waals surface area (Å²) in [6, 6.07) is 0. The molecule has 0 aromatic carbocycles. The lowest BCUT2D eigenvalue weighted by Crippen LogP contribution is -2.36. The average Bonchev–Trinajstić information content (AvgIpc) is 2.86. The molecular formula is C13H20N2O2S. The number of hydrogen-bond acceptors (Lipinski definition) is 5. The number of rotatable bonds is 4. The molecule has 1 aliphatic rings. The van der Waals surface area contributed by atoms with Gasteiger partial charge in [-0.25, -0.2) is 4.98 Å². The third kappa shape index (κ3) is 3.29. The number of nitrogens with zero attached hydrogens (tertiary/aromatic N) is 2.